The number of rotatable bonds is 2. The van der Waals surface area contributed by atoms with E-state index in [1.807, 2.05) is 53.4 Å². The lowest BCUT2D eigenvalue weighted by Crippen LogP contribution is -2.12. The van der Waals surface area contributed by atoms with Crippen LogP contribution in [-0.2, 0) is 0 Å². The van der Waals surface area contributed by atoms with Crippen molar-refractivity contribution in [2.75, 3.05) is 0 Å². The maximum Gasteiger partial charge on any atom is 0.254 e. The molecule has 0 unspecified atom stereocenters. The van der Waals surface area contributed by atoms with Crippen molar-refractivity contribution < 1.29 is 4.79 Å². The van der Waals surface area contributed by atoms with Crippen LogP contribution in [0.5, 0.6) is 0 Å². The lowest BCUT2D eigenvalue weighted by Gasteiger charge is -2.04. The molecule has 1 saturated heterocycles. The highest BCUT2D eigenvalue weighted by molar-refractivity contribution is 5.96. The molecule has 1 aliphatic heterocycles. The topological polar surface area (TPSA) is 20.1 Å². The van der Waals surface area contributed by atoms with Crippen LogP contribution in [0.15, 0.2) is 60.7 Å². The van der Waals surface area contributed by atoms with Crippen LogP contribution in [0.3, 0.4) is 0 Å². The van der Waals surface area contributed by atoms with E-state index in [0.717, 1.165) is 5.56 Å². The lowest BCUT2D eigenvalue weighted by molar-refractivity contribution is 0.0866. The van der Waals surface area contributed by atoms with Gasteiger partial charge in [-0.05, 0) is 24.6 Å². The molecule has 2 heteroatoms. The van der Waals surface area contributed by atoms with Gasteiger partial charge in [0.25, 0.3) is 5.91 Å². The standard InChI is InChI=1S/C16H15NO/c1-12-15(13-8-4-2-5-9-13)17(12)16(18)14-10-6-3-7-11-14/h2-12,15H,1H3/t12-,15-,17?/m0/s1. The summed E-state index contributed by atoms with van der Waals surface area (Å²) in [5.41, 5.74) is 1.98. The summed E-state index contributed by atoms with van der Waals surface area (Å²) in [6, 6.07) is 20.2. The normalized spacial score (nSPS) is 21.7. The minimum Gasteiger partial charge on any atom is -0.324 e. The maximum absolute atomic E-state index is 12.3. The van der Waals surface area contributed by atoms with Gasteiger partial charge in [-0.2, -0.15) is 0 Å². The van der Waals surface area contributed by atoms with Gasteiger partial charge < -0.3 is 4.90 Å². The minimum absolute atomic E-state index is 0.122. The molecule has 1 fully saturated rings. The van der Waals surface area contributed by atoms with E-state index in [0.29, 0.717) is 6.04 Å². The Morgan fingerprint density at radius 1 is 0.944 bits per heavy atom. The number of nitrogens with zero attached hydrogens (tertiary/aromatic N) is 1. The van der Waals surface area contributed by atoms with Crippen LogP contribution in [0.4, 0.5) is 0 Å². The summed E-state index contributed by atoms with van der Waals surface area (Å²) in [7, 11) is 0. The zero-order valence-electron chi connectivity index (χ0n) is 10.3. The van der Waals surface area contributed by atoms with Crippen LogP contribution in [0.1, 0.15) is 28.9 Å². The molecule has 90 valence electrons. The Morgan fingerprint density at radius 3 is 2.11 bits per heavy atom. The van der Waals surface area contributed by atoms with E-state index in [1.54, 1.807) is 0 Å². The molecule has 0 spiro atoms. The molecule has 2 atom stereocenters. The van der Waals surface area contributed by atoms with Crippen LogP contribution in [0.25, 0.3) is 0 Å². The monoisotopic (exact) mass is 237 g/mol. The second-order valence-corrected chi connectivity index (χ2v) is 4.67. The average Bonchev–Trinajstić information content (AvgIpc) is 3.11. The van der Waals surface area contributed by atoms with Gasteiger partial charge in [0.1, 0.15) is 0 Å². The van der Waals surface area contributed by atoms with E-state index < -0.39 is 0 Å². The first-order valence-corrected chi connectivity index (χ1v) is 6.21. The van der Waals surface area contributed by atoms with Gasteiger partial charge in [0.2, 0.25) is 0 Å². The molecular weight excluding hydrogens is 222 g/mol. The first-order valence-electron chi connectivity index (χ1n) is 6.21. The smallest absolute Gasteiger partial charge is 0.254 e. The highest BCUT2D eigenvalue weighted by atomic mass is 16.2. The zero-order chi connectivity index (χ0) is 12.5. The largest absolute Gasteiger partial charge is 0.324 e. The van der Waals surface area contributed by atoms with Crippen molar-refractivity contribution in [1.82, 2.24) is 4.90 Å². The number of hydrogen-bond acceptors (Lipinski definition) is 1. The summed E-state index contributed by atoms with van der Waals surface area (Å²) in [6.45, 7) is 2.10. The SMILES string of the molecule is C[C@H]1[C@@H](c2ccccc2)N1C(=O)c1ccccc1. The maximum atomic E-state index is 12.3. The predicted molar refractivity (Wildman–Crippen MR) is 71.3 cm³/mol. The van der Waals surface area contributed by atoms with Crippen molar-refractivity contribution in [2.45, 2.75) is 19.0 Å². The van der Waals surface area contributed by atoms with Gasteiger partial charge >= 0.3 is 0 Å². The van der Waals surface area contributed by atoms with Crippen LogP contribution < -0.4 is 0 Å². The molecule has 1 heterocycles. The summed E-state index contributed by atoms with van der Waals surface area (Å²) in [5, 5.41) is 0. The number of benzene rings is 2. The molecule has 1 amide bonds. The molecule has 3 rings (SSSR count). The number of hydrogen-bond donors (Lipinski definition) is 0. The molecule has 2 nitrogen and oxygen atoms in total. The number of carbonyl (C=O) groups is 1. The van der Waals surface area contributed by atoms with E-state index in [2.05, 4.69) is 19.1 Å². The second-order valence-electron chi connectivity index (χ2n) is 4.67. The predicted octanol–water partition coefficient (Wildman–Crippen LogP) is 3.27. The fourth-order valence-electron chi connectivity index (χ4n) is 2.48. The number of carbonyl (C=O) groups excluding carboxylic acids is 1. The van der Waals surface area contributed by atoms with Crippen LogP contribution in [0, 0.1) is 0 Å². The summed E-state index contributed by atoms with van der Waals surface area (Å²) >= 11 is 0. The number of amides is 1. The Labute approximate surface area is 107 Å². The molecular formula is C16H15NO. The van der Waals surface area contributed by atoms with Gasteiger partial charge in [-0.25, -0.2) is 0 Å². The van der Waals surface area contributed by atoms with Crippen molar-refractivity contribution in [3.05, 3.63) is 71.8 Å². The third kappa shape index (κ3) is 1.80. The van der Waals surface area contributed by atoms with E-state index in [-0.39, 0.29) is 11.9 Å². The lowest BCUT2D eigenvalue weighted by atomic mass is 10.1. The van der Waals surface area contributed by atoms with Crippen molar-refractivity contribution in [3.63, 3.8) is 0 Å². The highest BCUT2D eigenvalue weighted by Crippen LogP contribution is 2.43. The fraction of sp³-hybridized carbons (Fsp3) is 0.188. The van der Waals surface area contributed by atoms with Crippen molar-refractivity contribution >= 4 is 5.91 Å². The first-order chi connectivity index (χ1) is 8.79. The molecule has 0 saturated carbocycles. The summed E-state index contributed by atoms with van der Waals surface area (Å²) < 4.78 is 0. The van der Waals surface area contributed by atoms with Crippen molar-refractivity contribution in [1.29, 1.82) is 0 Å². The van der Waals surface area contributed by atoms with E-state index >= 15 is 0 Å². The summed E-state index contributed by atoms with van der Waals surface area (Å²) in [6.07, 6.45) is 0. The minimum atomic E-state index is 0.122. The molecule has 0 bridgehead atoms. The third-order valence-corrected chi connectivity index (χ3v) is 3.50. The molecule has 0 aliphatic carbocycles. The van der Waals surface area contributed by atoms with Crippen LogP contribution >= 0.6 is 0 Å². The highest BCUT2D eigenvalue weighted by Gasteiger charge is 2.48. The molecule has 0 radical (unpaired) electrons. The van der Waals surface area contributed by atoms with E-state index in [9.17, 15) is 4.79 Å². The quantitative estimate of drug-likeness (QED) is 0.734. The fourth-order valence-corrected chi connectivity index (χ4v) is 2.48. The van der Waals surface area contributed by atoms with Gasteiger partial charge in [-0.3, -0.25) is 4.79 Å². The Hall–Kier alpha value is -2.09. The van der Waals surface area contributed by atoms with Crippen molar-refractivity contribution in [3.8, 4) is 0 Å². The molecule has 1 aliphatic rings. The summed E-state index contributed by atoms with van der Waals surface area (Å²) in [5.74, 6) is 0.122. The Bertz CT molecular complexity index is 550. The Kier molecular flexibility index (Phi) is 2.63. The van der Waals surface area contributed by atoms with Crippen molar-refractivity contribution in [2.24, 2.45) is 0 Å². The second kappa shape index (κ2) is 4.30. The van der Waals surface area contributed by atoms with Gasteiger partial charge in [0, 0.05) is 5.56 Å². The molecule has 2 aromatic carbocycles. The van der Waals surface area contributed by atoms with Gasteiger partial charge in [-0.15, -0.1) is 0 Å². The van der Waals surface area contributed by atoms with Gasteiger partial charge in [0.05, 0.1) is 12.1 Å². The molecule has 2 aromatic rings. The van der Waals surface area contributed by atoms with E-state index in [1.165, 1.54) is 5.56 Å². The Morgan fingerprint density at radius 2 is 1.50 bits per heavy atom. The van der Waals surface area contributed by atoms with Gasteiger partial charge in [0.15, 0.2) is 0 Å². The average molecular weight is 237 g/mol. The van der Waals surface area contributed by atoms with Crippen LogP contribution in [0.2, 0.25) is 0 Å². The Balaban J connectivity index is 1.82. The van der Waals surface area contributed by atoms with E-state index in [4.69, 9.17) is 0 Å². The molecule has 0 aromatic heterocycles. The summed E-state index contributed by atoms with van der Waals surface area (Å²) in [4.78, 5) is 14.3. The zero-order valence-corrected chi connectivity index (χ0v) is 10.3. The molecule has 0 N–H and O–H groups in total. The first kappa shape index (κ1) is 11.0. The third-order valence-electron chi connectivity index (χ3n) is 3.50. The van der Waals surface area contributed by atoms with Crippen LogP contribution in [-0.4, -0.2) is 16.8 Å². The van der Waals surface area contributed by atoms with Gasteiger partial charge in [-0.1, -0.05) is 48.5 Å². The molecule has 18 heavy (non-hydrogen) atoms.